The summed E-state index contributed by atoms with van der Waals surface area (Å²) in [5, 5.41) is -0.224. The second-order valence-electron chi connectivity index (χ2n) is 6.45. The van der Waals surface area contributed by atoms with Gasteiger partial charge in [-0.05, 0) is 52.4 Å². The van der Waals surface area contributed by atoms with E-state index in [9.17, 15) is 4.79 Å². The van der Waals surface area contributed by atoms with Gasteiger partial charge < -0.3 is 9.47 Å². The van der Waals surface area contributed by atoms with Crippen LogP contribution in [0.3, 0.4) is 0 Å². The molecule has 1 fully saturated rings. The third-order valence-electron chi connectivity index (χ3n) is 4.66. The van der Waals surface area contributed by atoms with Crippen molar-refractivity contribution in [3.63, 3.8) is 0 Å². The first-order valence-electron chi connectivity index (χ1n) is 8.99. The van der Waals surface area contributed by atoms with Crippen LogP contribution in [0, 0.1) is 0 Å². The molecular formula is C21H22BrNO3S2. The first-order chi connectivity index (χ1) is 13.5. The van der Waals surface area contributed by atoms with Gasteiger partial charge in [0.1, 0.15) is 15.8 Å². The molecule has 1 aliphatic heterocycles. The second-order valence-corrected chi connectivity index (χ2v) is 9.15. The molecule has 148 valence electrons. The summed E-state index contributed by atoms with van der Waals surface area (Å²) < 4.78 is 12.3. The van der Waals surface area contributed by atoms with Crippen molar-refractivity contribution in [1.82, 2.24) is 4.90 Å². The Balaban J connectivity index is 1.64. The van der Waals surface area contributed by atoms with E-state index in [1.807, 2.05) is 30.3 Å². The summed E-state index contributed by atoms with van der Waals surface area (Å²) >= 11 is 10.4. The van der Waals surface area contributed by atoms with Crippen LogP contribution in [0.2, 0.25) is 0 Å². The lowest BCUT2D eigenvalue weighted by Crippen LogP contribution is -2.33. The van der Waals surface area contributed by atoms with Crippen molar-refractivity contribution in [3.8, 4) is 11.5 Å². The number of methoxy groups -OCH3 is 2. The fourth-order valence-corrected chi connectivity index (χ4v) is 5.32. The fourth-order valence-electron chi connectivity index (χ4n) is 3.20. The standard InChI is InChI=1S/C21H22BrNO3S2/c1-25-17-13-18(26-2)16(22)11-15(17)12-19-20(24)23(21(27)28-19)10-6-9-14-7-4-3-5-8-14/h3-5,7-8,11,13,19H,6,9-10,12H2,1-2H3/t19-/m1/s1. The molecule has 3 rings (SSSR count). The van der Waals surface area contributed by atoms with Crippen LogP contribution in [0.15, 0.2) is 46.9 Å². The molecule has 0 unspecified atom stereocenters. The Morgan fingerprint density at radius 2 is 1.86 bits per heavy atom. The second kappa shape index (κ2) is 9.76. The highest BCUT2D eigenvalue weighted by molar-refractivity contribution is 9.10. The Hall–Kier alpha value is -1.57. The molecule has 7 heteroatoms. The molecule has 2 aromatic carbocycles. The van der Waals surface area contributed by atoms with E-state index in [0.29, 0.717) is 28.8 Å². The molecule has 1 heterocycles. The van der Waals surface area contributed by atoms with Crippen LogP contribution in [0.4, 0.5) is 0 Å². The van der Waals surface area contributed by atoms with Gasteiger partial charge in [-0.2, -0.15) is 0 Å². The number of carbonyl (C=O) groups excluding carboxylic acids is 1. The van der Waals surface area contributed by atoms with E-state index in [1.54, 1.807) is 19.1 Å². The predicted molar refractivity (Wildman–Crippen MR) is 121 cm³/mol. The first kappa shape index (κ1) is 21.1. The molecule has 0 N–H and O–H groups in total. The Morgan fingerprint density at radius 3 is 2.54 bits per heavy atom. The van der Waals surface area contributed by atoms with Gasteiger partial charge in [0.2, 0.25) is 5.91 Å². The lowest BCUT2D eigenvalue weighted by molar-refractivity contribution is -0.126. The Kier molecular flexibility index (Phi) is 7.37. The maximum absolute atomic E-state index is 12.9. The molecule has 4 nitrogen and oxygen atoms in total. The van der Waals surface area contributed by atoms with E-state index in [2.05, 4.69) is 28.1 Å². The van der Waals surface area contributed by atoms with E-state index < -0.39 is 0 Å². The van der Waals surface area contributed by atoms with Gasteiger partial charge in [-0.25, -0.2) is 0 Å². The van der Waals surface area contributed by atoms with Crippen LogP contribution in [-0.2, 0) is 17.6 Å². The van der Waals surface area contributed by atoms with Crippen molar-refractivity contribution in [2.75, 3.05) is 20.8 Å². The molecule has 0 radical (unpaired) electrons. The number of hydrogen-bond acceptors (Lipinski definition) is 5. The van der Waals surface area contributed by atoms with Gasteiger partial charge in [0, 0.05) is 12.6 Å². The topological polar surface area (TPSA) is 38.8 Å². The van der Waals surface area contributed by atoms with Crippen LogP contribution in [0.5, 0.6) is 11.5 Å². The van der Waals surface area contributed by atoms with Crippen molar-refractivity contribution in [1.29, 1.82) is 0 Å². The van der Waals surface area contributed by atoms with Crippen molar-refractivity contribution >= 4 is 50.1 Å². The number of hydrogen-bond donors (Lipinski definition) is 0. The van der Waals surface area contributed by atoms with Crippen molar-refractivity contribution in [2.45, 2.75) is 24.5 Å². The molecule has 0 spiro atoms. The number of ether oxygens (including phenoxy) is 2. The molecule has 0 aromatic heterocycles. The highest BCUT2D eigenvalue weighted by Gasteiger charge is 2.37. The molecule has 0 saturated carbocycles. The predicted octanol–water partition coefficient (Wildman–Crippen LogP) is 4.87. The third-order valence-corrected chi connectivity index (χ3v) is 6.86. The van der Waals surface area contributed by atoms with Crippen molar-refractivity contribution in [2.24, 2.45) is 0 Å². The lowest BCUT2D eigenvalue weighted by atomic mass is 10.1. The number of carbonyl (C=O) groups is 1. The number of thioether (sulfide) groups is 1. The zero-order valence-corrected chi connectivity index (χ0v) is 19.0. The molecule has 1 saturated heterocycles. The Labute approximate surface area is 183 Å². The first-order valence-corrected chi connectivity index (χ1v) is 11.1. The van der Waals surface area contributed by atoms with Gasteiger partial charge in [-0.15, -0.1) is 0 Å². The number of benzene rings is 2. The molecule has 28 heavy (non-hydrogen) atoms. The monoisotopic (exact) mass is 479 g/mol. The minimum absolute atomic E-state index is 0.0806. The number of aryl methyl sites for hydroxylation is 1. The highest BCUT2D eigenvalue weighted by Crippen LogP contribution is 2.37. The number of thiocarbonyl (C=S) groups is 1. The minimum Gasteiger partial charge on any atom is -0.496 e. The summed E-state index contributed by atoms with van der Waals surface area (Å²) in [7, 11) is 3.23. The van der Waals surface area contributed by atoms with E-state index in [0.717, 1.165) is 22.9 Å². The van der Waals surface area contributed by atoms with Crippen LogP contribution in [0.1, 0.15) is 17.5 Å². The minimum atomic E-state index is -0.224. The van der Waals surface area contributed by atoms with E-state index in [4.69, 9.17) is 21.7 Å². The van der Waals surface area contributed by atoms with Gasteiger partial charge >= 0.3 is 0 Å². The number of rotatable bonds is 8. The zero-order chi connectivity index (χ0) is 20.1. The SMILES string of the molecule is COc1cc(OC)c(C[C@H]2SC(=S)N(CCCc3ccccc3)C2=O)cc1Br. The Bertz CT molecular complexity index is 860. The quantitative estimate of drug-likeness (QED) is 0.504. The van der Waals surface area contributed by atoms with Gasteiger partial charge in [0.05, 0.1) is 23.9 Å². The van der Waals surface area contributed by atoms with Crippen molar-refractivity contribution < 1.29 is 14.3 Å². The van der Waals surface area contributed by atoms with Crippen LogP contribution in [-0.4, -0.2) is 41.1 Å². The molecule has 2 aromatic rings. The number of halogens is 1. The molecule has 1 atom stereocenters. The van der Waals surface area contributed by atoms with E-state index in [-0.39, 0.29) is 11.2 Å². The third kappa shape index (κ3) is 4.88. The largest absolute Gasteiger partial charge is 0.496 e. The molecule has 1 aliphatic rings. The summed E-state index contributed by atoms with van der Waals surface area (Å²) in [6.07, 6.45) is 2.38. The van der Waals surface area contributed by atoms with Gasteiger partial charge in [-0.1, -0.05) is 54.3 Å². The number of nitrogens with zero attached hydrogens (tertiary/aromatic N) is 1. The van der Waals surface area contributed by atoms with Crippen molar-refractivity contribution in [3.05, 3.63) is 58.1 Å². The average Bonchev–Trinajstić information content (AvgIpc) is 2.96. The molecule has 1 amide bonds. The van der Waals surface area contributed by atoms with Crippen LogP contribution < -0.4 is 9.47 Å². The number of amides is 1. The normalized spacial score (nSPS) is 16.5. The summed E-state index contributed by atoms with van der Waals surface area (Å²) in [6.45, 7) is 0.652. The summed E-state index contributed by atoms with van der Waals surface area (Å²) in [4.78, 5) is 14.7. The van der Waals surface area contributed by atoms with Crippen LogP contribution >= 0.6 is 39.9 Å². The van der Waals surface area contributed by atoms with Gasteiger partial charge in [0.25, 0.3) is 0 Å². The van der Waals surface area contributed by atoms with Gasteiger partial charge in [-0.3, -0.25) is 9.69 Å². The molecule has 0 aliphatic carbocycles. The van der Waals surface area contributed by atoms with Gasteiger partial charge in [0.15, 0.2) is 0 Å². The smallest absolute Gasteiger partial charge is 0.241 e. The highest BCUT2D eigenvalue weighted by atomic mass is 79.9. The van der Waals surface area contributed by atoms with E-state index >= 15 is 0 Å². The fraction of sp³-hybridized carbons (Fsp3) is 0.333. The van der Waals surface area contributed by atoms with Crippen LogP contribution in [0.25, 0.3) is 0 Å². The Morgan fingerprint density at radius 1 is 1.14 bits per heavy atom. The molecule has 0 bridgehead atoms. The van der Waals surface area contributed by atoms with E-state index in [1.165, 1.54) is 17.3 Å². The summed E-state index contributed by atoms with van der Waals surface area (Å²) in [5.41, 5.74) is 2.23. The zero-order valence-electron chi connectivity index (χ0n) is 15.8. The lowest BCUT2D eigenvalue weighted by Gasteiger charge is -2.16. The summed E-state index contributed by atoms with van der Waals surface area (Å²) in [6, 6.07) is 14.1. The maximum atomic E-state index is 12.9. The maximum Gasteiger partial charge on any atom is 0.241 e. The summed E-state index contributed by atoms with van der Waals surface area (Å²) in [5.74, 6) is 1.49. The average molecular weight is 480 g/mol. The molecular weight excluding hydrogens is 458 g/mol.